The van der Waals surface area contributed by atoms with E-state index >= 15 is 0 Å². The molecule has 0 bridgehead atoms. The molecule has 0 N–H and O–H groups in total. The molecule has 1 aromatic carbocycles. The molecule has 0 amide bonds. The molecular formula is C12H12FN3O. The second-order valence-electron chi connectivity index (χ2n) is 3.82. The molecule has 1 heterocycles. The zero-order valence-corrected chi connectivity index (χ0v) is 9.59. The summed E-state index contributed by atoms with van der Waals surface area (Å²) < 4.78 is 14.6. The highest BCUT2D eigenvalue weighted by atomic mass is 19.1. The molecule has 4 nitrogen and oxygen atoms in total. The molecule has 0 spiro atoms. The minimum Gasteiger partial charge on any atom is -0.348 e. The van der Waals surface area contributed by atoms with Crippen LogP contribution in [0.3, 0.4) is 0 Å². The topological polar surface area (TPSA) is 38.1 Å². The lowest BCUT2D eigenvalue weighted by Gasteiger charge is -2.13. The number of benzene rings is 1. The smallest absolute Gasteiger partial charge is 0.210 e. The number of anilines is 1. The van der Waals surface area contributed by atoms with Gasteiger partial charge in [0.2, 0.25) is 5.95 Å². The molecule has 1 aromatic heterocycles. The number of rotatable bonds is 3. The van der Waals surface area contributed by atoms with Crippen molar-refractivity contribution in [3.8, 4) is 5.69 Å². The van der Waals surface area contributed by atoms with Crippen LogP contribution < -0.4 is 4.90 Å². The number of imidazole rings is 1. The van der Waals surface area contributed by atoms with E-state index in [4.69, 9.17) is 0 Å². The molecule has 0 fully saturated rings. The number of aldehydes is 1. The quantitative estimate of drug-likeness (QED) is 0.760. The van der Waals surface area contributed by atoms with E-state index in [9.17, 15) is 9.18 Å². The minimum atomic E-state index is -0.295. The van der Waals surface area contributed by atoms with Crippen molar-refractivity contribution in [2.75, 3.05) is 19.0 Å². The molecule has 0 radical (unpaired) electrons. The van der Waals surface area contributed by atoms with Gasteiger partial charge in [-0.2, -0.15) is 0 Å². The number of carbonyl (C=O) groups excluding carboxylic acids is 1. The zero-order chi connectivity index (χ0) is 12.4. The summed E-state index contributed by atoms with van der Waals surface area (Å²) in [6.45, 7) is 0. The van der Waals surface area contributed by atoms with Crippen LogP contribution in [0.25, 0.3) is 5.69 Å². The van der Waals surface area contributed by atoms with Crippen LogP contribution in [0.2, 0.25) is 0 Å². The van der Waals surface area contributed by atoms with Crippen LogP contribution in [0.5, 0.6) is 0 Å². The molecule has 88 valence electrons. The van der Waals surface area contributed by atoms with Crippen LogP contribution in [-0.2, 0) is 0 Å². The summed E-state index contributed by atoms with van der Waals surface area (Å²) in [6, 6.07) is 6.02. The third-order valence-electron chi connectivity index (χ3n) is 2.33. The van der Waals surface area contributed by atoms with E-state index < -0.39 is 0 Å². The molecule has 5 heteroatoms. The van der Waals surface area contributed by atoms with Gasteiger partial charge in [0.25, 0.3) is 0 Å². The fraction of sp³-hybridized carbons (Fsp3) is 0.167. The molecule has 0 atom stereocenters. The van der Waals surface area contributed by atoms with Gasteiger partial charge in [0.15, 0.2) is 6.29 Å². The Kier molecular flexibility index (Phi) is 2.91. The summed E-state index contributed by atoms with van der Waals surface area (Å²) in [4.78, 5) is 16.7. The van der Waals surface area contributed by atoms with E-state index in [0.717, 1.165) is 5.69 Å². The first-order chi connectivity index (χ1) is 8.11. The molecule has 17 heavy (non-hydrogen) atoms. The minimum absolute atomic E-state index is 0.295. The average molecular weight is 233 g/mol. The van der Waals surface area contributed by atoms with E-state index in [0.29, 0.717) is 17.9 Å². The Bertz CT molecular complexity index is 531. The van der Waals surface area contributed by atoms with Crippen molar-refractivity contribution in [1.82, 2.24) is 9.55 Å². The molecule has 0 unspecified atom stereocenters. The molecular weight excluding hydrogens is 221 g/mol. The van der Waals surface area contributed by atoms with Gasteiger partial charge in [-0.1, -0.05) is 0 Å². The van der Waals surface area contributed by atoms with Crippen molar-refractivity contribution in [2.45, 2.75) is 0 Å². The van der Waals surface area contributed by atoms with Gasteiger partial charge < -0.3 is 4.90 Å². The van der Waals surface area contributed by atoms with Crippen LogP contribution in [0.1, 0.15) is 10.5 Å². The maximum absolute atomic E-state index is 12.8. The molecule has 2 rings (SSSR count). The largest absolute Gasteiger partial charge is 0.348 e. The highest BCUT2D eigenvalue weighted by molar-refractivity contribution is 5.73. The Labute approximate surface area is 98.3 Å². The Morgan fingerprint density at radius 2 is 1.94 bits per heavy atom. The summed E-state index contributed by atoms with van der Waals surface area (Å²) >= 11 is 0. The van der Waals surface area contributed by atoms with Gasteiger partial charge in [-0.15, -0.1) is 0 Å². The lowest BCUT2D eigenvalue weighted by Crippen LogP contribution is -2.14. The van der Waals surface area contributed by atoms with E-state index in [1.807, 2.05) is 14.1 Å². The Morgan fingerprint density at radius 3 is 2.47 bits per heavy atom. The lowest BCUT2D eigenvalue weighted by molar-refractivity contribution is 0.111. The van der Waals surface area contributed by atoms with Crippen molar-refractivity contribution in [3.05, 3.63) is 42.0 Å². The van der Waals surface area contributed by atoms with Crippen LogP contribution in [0, 0.1) is 5.82 Å². The van der Waals surface area contributed by atoms with E-state index in [2.05, 4.69) is 4.98 Å². The van der Waals surface area contributed by atoms with Gasteiger partial charge in [-0.05, 0) is 24.3 Å². The van der Waals surface area contributed by atoms with Crippen molar-refractivity contribution < 1.29 is 9.18 Å². The summed E-state index contributed by atoms with van der Waals surface area (Å²) in [5.41, 5.74) is 1.11. The van der Waals surface area contributed by atoms with Crippen LogP contribution in [0.4, 0.5) is 10.3 Å². The SMILES string of the molecule is CN(C)c1nc(C=O)cn1-c1ccc(F)cc1. The fourth-order valence-electron chi connectivity index (χ4n) is 1.55. The molecule has 0 saturated heterocycles. The molecule has 0 aliphatic heterocycles. The van der Waals surface area contributed by atoms with Gasteiger partial charge in [0.05, 0.1) is 0 Å². The van der Waals surface area contributed by atoms with Crippen LogP contribution >= 0.6 is 0 Å². The van der Waals surface area contributed by atoms with Crippen molar-refractivity contribution in [1.29, 1.82) is 0 Å². The summed E-state index contributed by atoms with van der Waals surface area (Å²) in [5, 5.41) is 0. The summed E-state index contributed by atoms with van der Waals surface area (Å²) in [6.07, 6.45) is 2.31. The van der Waals surface area contributed by atoms with E-state index in [1.165, 1.54) is 12.1 Å². The first kappa shape index (κ1) is 11.3. The fourth-order valence-corrected chi connectivity index (χ4v) is 1.55. The number of carbonyl (C=O) groups is 1. The second-order valence-corrected chi connectivity index (χ2v) is 3.82. The molecule has 0 saturated carbocycles. The van der Waals surface area contributed by atoms with Crippen molar-refractivity contribution >= 4 is 12.2 Å². The number of hydrogen-bond acceptors (Lipinski definition) is 3. The number of hydrogen-bond donors (Lipinski definition) is 0. The van der Waals surface area contributed by atoms with Crippen molar-refractivity contribution in [2.24, 2.45) is 0 Å². The highest BCUT2D eigenvalue weighted by Gasteiger charge is 2.10. The lowest BCUT2D eigenvalue weighted by atomic mass is 10.3. The maximum atomic E-state index is 12.8. The normalized spacial score (nSPS) is 10.3. The number of halogens is 1. The Morgan fingerprint density at radius 1 is 1.29 bits per heavy atom. The standard InChI is InChI=1S/C12H12FN3O/c1-15(2)12-14-10(8-17)7-16(12)11-5-3-9(13)4-6-11/h3-8H,1-2H3. The van der Waals surface area contributed by atoms with Gasteiger partial charge in [-0.3, -0.25) is 9.36 Å². The number of nitrogens with zero attached hydrogens (tertiary/aromatic N) is 3. The third kappa shape index (κ3) is 2.18. The highest BCUT2D eigenvalue weighted by Crippen LogP contribution is 2.18. The second kappa shape index (κ2) is 4.37. The first-order valence-electron chi connectivity index (χ1n) is 5.09. The average Bonchev–Trinajstić information content (AvgIpc) is 2.74. The predicted octanol–water partition coefficient (Wildman–Crippen LogP) is 1.89. The van der Waals surface area contributed by atoms with Gasteiger partial charge in [0.1, 0.15) is 11.5 Å². The molecule has 0 aliphatic rings. The van der Waals surface area contributed by atoms with E-state index in [-0.39, 0.29) is 5.82 Å². The predicted molar refractivity (Wildman–Crippen MR) is 63.2 cm³/mol. The van der Waals surface area contributed by atoms with E-state index in [1.54, 1.807) is 27.8 Å². The monoisotopic (exact) mass is 233 g/mol. The number of aromatic nitrogens is 2. The van der Waals surface area contributed by atoms with Gasteiger partial charge >= 0.3 is 0 Å². The Hall–Kier alpha value is -2.17. The maximum Gasteiger partial charge on any atom is 0.210 e. The molecule has 2 aromatic rings. The molecule has 0 aliphatic carbocycles. The zero-order valence-electron chi connectivity index (χ0n) is 9.59. The summed E-state index contributed by atoms with van der Waals surface area (Å²) in [5.74, 6) is 0.328. The third-order valence-corrected chi connectivity index (χ3v) is 2.33. The van der Waals surface area contributed by atoms with Crippen molar-refractivity contribution in [3.63, 3.8) is 0 Å². The van der Waals surface area contributed by atoms with Crippen LogP contribution in [0.15, 0.2) is 30.5 Å². The van der Waals surface area contributed by atoms with Gasteiger partial charge in [-0.25, -0.2) is 9.37 Å². The first-order valence-corrected chi connectivity index (χ1v) is 5.09. The van der Waals surface area contributed by atoms with Crippen LogP contribution in [-0.4, -0.2) is 29.9 Å². The Balaban J connectivity index is 2.53. The van der Waals surface area contributed by atoms with Gasteiger partial charge in [0, 0.05) is 26.0 Å². The summed E-state index contributed by atoms with van der Waals surface area (Å²) in [7, 11) is 3.66.